The van der Waals surface area contributed by atoms with Crippen molar-refractivity contribution < 1.29 is 15.0 Å². The fraction of sp³-hybridized carbons (Fsp3) is 0.857. The summed E-state index contributed by atoms with van der Waals surface area (Å²) in [5.74, 6) is 0.0195. The second-order valence-corrected chi connectivity index (χ2v) is 3.09. The molecule has 0 bridgehead atoms. The summed E-state index contributed by atoms with van der Waals surface area (Å²) in [5, 5.41) is 18.0. The standard InChI is InChI=1S/C7H14N2O3/c8-2-1-5-3-9(7(11)12)4-6(5)10/h5-6,10H,1-4,8H2,(H,11,12). The molecule has 0 aromatic carbocycles. The molecule has 0 radical (unpaired) electrons. The zero-order valence-electron chi connectivity index (χ0n) is 6.81. The fourth-order valence-corrected chi connectivity index (χ4v) is 1.51. The lowest BCUT2D eigenvalue weighted by Gasteiger charge is -2.10. The van der Waals surface area contributed by atoms with E-state index < -0.39 is 12.2 Å². The number of hydrogen-bond acceptors (Lipinski definition) is 3. The number of hydrogen-bond donors (Lipinski definition) is 3. The maximum Gasteiger partial charge on any atom is 0.407 e. The lowest BCUT2D eigenvalue weighted by atomic mass is 10.0. The molecule has 1 heterocycles. The molecule has 1 fully saturated rings. The molecule has 1 amide bonds. The van der Waals surface area contributed by atoms with Gasteiger partial charge in [-0.2, -0.15) is 0 Å². The summed E-state index contributed by atoms with van der Waals surface area (Å²) in [6.07, 6.45) is -0.816. The van der Waals surface area contributed by atoms with Crippen LogP contribution in [0.1, 0.15) is 6.42 Å². The highest BCUT2D eigenvalue weighted by Gasteiger charge is 2.32. The number of aliphatic hydroxyl groups is 1. The molecule has 1 rings (SSSR count). The number of carboxylic acid groups (broad SMARTS) is 1. The Bertz CT molecular complexity index is 174. The second-order valence-electron chi connectivity index (χ2n) is 3.09. The zero-order chi connectivity index (χ0) is 9.14. The van der Waals surface area contributed by atoms with Crippen LogP contribution in [0, 0.1) is 5.92 Å². The van der Waals surface area contributed by atoms with Crippen LogP contribution in [0.2, 0.25) is 0 Å². The molecule has 0 spiro atoms. The molecule has 4 N–H and O–H groups in total. The highest BCUT2D eigenvalue weighted by molar-refractivity contribution is 5.65. The van der Waals surface area contributed by atoms with E-state index in [9.17, 15) is 9.90 Å². The topological polar surface area (TPSA) is 86.8 Å². The predicted octanol–water partition coefficient (Wildman–Crippen LogP) is -0.694. The van der Waals surface area contributed by atoms with Crippen molar-refractivity contribution in [3.63, 3.8) is 0 Å². The molecule has 1 aliphatic heterocycles. The molecule has 70 valence electrons. The highest BCUT2D eigenvalue weighted by atomic mass is 16.4. The average Bonchev–Trinajstić information content (AvgIpc) is 2.34. The first-order valence-corrected chi connectivity index (χ1v) is 4.01. The molecule has 0 aromatic heterocycles. The van der Waals surface area contributed by atoms with Crippen LogP contribution >= 0.6 is 0 Å². The molecular formula is C7H14N2O3. The first kappa shape index (κ1) is 9.28. The van der Waals surface area contributed by atoms with Crippen LogP contribution in [0.25, 0.3) is 0 Å². The van der Waals surface area contributed by atoms with E-state index in [1.807, 2.05) is 0 Å². The predicted molar refractivity (Wildman–Crippen MR) is 42.8 cm³/mol. The number of rotatable bonds is 2. The van der Waals surface area contributed by atoms with E-state index in [0.29, 0.717) is 19.5 Å². The van der Waals surface area contributed by atoms with Gasteiger partial charge in [0, 0.05) is 12.5 Å². The lowest BCUT2D eigenvalue weighted by Crippen LogP contribution is -2.27. The minimum Gasteiger partial charge on any atom is -0.465 e. The van der Waals surface area contributed by atoms with Crippen molar-refractivity contribution in [2.24, 2.45) is 11.7 Å². The number of nitrogens with two attached hydrogens (primary N) is 1. The van der Waals surface area contributed by atoms with Crippen LogP contribution in [0.4, 0.5) is 4.79 Å². The summed E-state index contributed by atoms with van der Waals surface area (Å²) in [5.41, 5.74) is 5.32. The quantitative estimate of drug-likeness (QED) is 0.517. The summed E-state index contributed by atoms with van der Waals surface area (Å²) in [6.45, 7) is 1.13. The Hall–Kier alpha value is -0.810. The molecule has 1 aliphatic rings. The summed E-state index contributed by atoms with van der Waals surface area (Å²) in [7, 11) is 0. The molecule has 1 saturated heterocycles. The number of amides is 1. The smallest absolute Gasteiger partial charge is 0.407 e. The summed E-state index contributed by atoms with van der Waals surface area (Å²) < 4.78 is 0. The molecule has 5 heteroatoms. The van der Waals surface area contributed by atoms with Gasteiger partial charge in [0.1, 0.15) is 0 Å². The largest absolute Gasteiger partial charge is 0.465 e. The third-order valence-corrected chi connectivity index (χ3v) is 2.21. The van der Waals surface area contributed by atoms with Crippen LogP contribution in [0.3, 0.4) is 0 Å². The Morgan fingerprint density at radius 1 is 1.58 bits per heavy atom. The molecule has 2 unspecified atom stereocenters. The van der Waals surface area contributed by atoms with Gasteiger partial charge in [-0.3, -0.25) is 0 Å². The van der Waals surface area contributed by atoms with Gasteiger partial charge in [0.15, 0.2) is 0 Å². The van der Waals surface area contributed by atoms with Crippen LogP contribution in [0.5, 0.6) is 0 Å². The minimum absolute atomic E-state index is 0.0195. The van der Waals surface area contributed by atoms with Gasteiger partial charge in [0.2, 0.25) is 0 Å². The van der Waals surface area contributed by atoms with Gasteiger partial charge in [-0.1, -0.05) is 0 Å². The van der Waals surface area contributed by atoms with Crippen molar-refractivity contribution in [2.75, 3.05) is 19.6 Å². The Morgan fingerprint density at radius 2 is 2.25 bits per heavy atom. The van der Waals surface area contributed by atoms with E-state index in [0.717, 1.165) is 0 Å². The highest BCUT2D eigenvalue weighted by Crippen LogP contribution is 2.19. The van der Waals surface area contributed by atoms with Crippen molar-refractivity contribution in [3.8, 4) is 0 Å². The number of carbonyl (C=O) groups is 1. The van der Waals surface area contributed by atoms with E-state index >= 15 is 0 Å². The van der Waals surface area contributed by atoms with Gasteiger partial charge in [-0.25, -0.2) is 4.79 Å². The normalized spacial score (nSPS) is 29.3. The van der Waals surface area contributed by atoms with E-state index in [2.05, 4.69) is 0 Å². The minimum atomic E-state index is -0.964. The Balaban J connectivity index is 2.44. The van der Waals surface area contributed by atoms with Crippen LogP contribution in [-0.4, -0.2) is 46.9 Å². The van der Waals surface area contributed by atoms with Crippen molar-refractivity contribution in [1.82, 2.24) is 4.90 Å². The van der Waals surface area contributed by atoms with Gasteiger partial charge >= 0.3 is 6.09 Å². The molecular weight excluding hydrogens is 160 g/mol. The number of likely N-dealkylation sites (tertiary alicyclic amines) is 1. The van der Waals surface area contributed by atoms with E-state index in [1.165, 1.54) is 4.90 Å². The van der Waals surface area contributed by atoms with E-state index in [1.54, 1.807) is 0 Å². The van der Waals surface area contributed by atoms with Crippen molar-refractivity contribution in [1.29, 1.82) is 0 Å². The Kier molecular flexibility index (Phi) is 2.88. The van der Waals surface area contributed by atoms with E-state index in [4.69, 9.17) is 10.8 Å². The van der Waals surface area contributed by atoms with Crippen molar-refractivity contribution in [3.05, 3.63) is 0 Å². The van der Waals surface area contributed by atoms with Crippen LogP contribution in [-0.2, 0) is 0 Å². The van der Waals surface area contributed by atoms with E-state index in [-0.39, 0.29) is 12.5 Å². The third kappa shape index (κ3) is 1.86. The van der Waals surface area contributed by atoms with Crippen molar-refractivity contribution in [2.45, 2.75) is 12.5 Å². The van der Waals surface area contributed by atoms with Gasteiger partial charge in [0.25, 0.3) is 0 Å². The molecule has 12 heavy (non-hydrogen) atoms. The lowest BCUT2D eigenvalue weighted by molar-refractivity contribution is 0.130. The summed E-state index contributed by atoms with van der Waals surface area (Å²) >= 11 is 0. The number of nitrogens with zero attached hydrogens (tertiary/aromatic N) is 1. The number of aliphatic hydroxyl groups excluding tert-OH is 1. The first-order chi connectivity index (χ1) is 5.65. The molecule has 5 nitrogen and oxygen atoms in total. The molecule has 0 aromatic rings. The monoisotopic (exact) mass is 174 g/mol. The van der Waals surface area contributed by atoms with Crippen LogP contribution < -0.4 is 5.73 Å². The Morgan fingerprint density at radius 3 is 2.67 bits per heavy atom. The Labute approximate surface area is 70.8 Å². The van der Waals surface area contributed by atoms with Gasteiger partial charge in [0.05, 0.1) is 12.6 Å². The summed E-state index contributed by atoms with van der Waals surface area (Å²) in [6, 6.07) is 0. The fourth-order valence-electron chi connectivity index (χ4n) is 1.51. The molecule has 2 atom stereocenters. The summed E-state index contributed by atoms with van der Waals surface area (Å²) in [4.78, 5) is 11.7. The maximum absolute atomic E-state index is 10.5. The maximum atomic E-state index is 10.5. The van der Waals surface area contributed by atoms with Gasteiger partial charge < -0.3 is 20.8 Å². The van der Waals surface area contributed by atoms with Gasteiger partial charge in [-0.05, 0) is 13.0 Å². The van der Waals surface area contributed by atoms with Crippen LogP contribution in [0.15, 0.2) is 0 Å². The second kappa shape index (κ2) is 3.73. The molecule has 0 aliphatic carbocycles. The SMILES string of the molecule is NCCC1CN(C(=O)O)CC1O. The number of β-amino-alcohol motifs (C(OH)–C–C–N with tert-alkyl or cyclic N) is 1. The third-order valence-electron chi connectivity index (χ3n) is 2.21. The zero-order valence-corrected chi connectivity index (χ0v) is 6.81. The average molecular weight is 174 g/mol. The molecule has 0 saturated carbocycles. The first-order valence-electron chi connectivity index (χ1n) is 4.01. The van der Waals surface area contributed by atoms with Gasteiger partial charge in [-0.15, -0.1) is 0 Å². The van der Waals surface area contributed by atoms with Crippen molar-refractivity contribution >= 4 is 6.09 Å².